The predicted octanol–water partition coefficient (Wildman–Crippen LogP) is 5.65. The van der Waals surface area contributed by atoms with E-state index >= 15 is 0 Å². The Morgan fingerprint density at radius 3 is 2.66 bits per heavy atom. The highest BCUT2D eigenvalue weighted by Gasteiger charge is 2.26. The van der Waals surface area contributed by atoms with Gasteiger partial charge in [0.2, 0.25) is 5.89 Å². The molecule has 0 radical (unpaired) electrons. The number of benzene rings is 2. The standard InChI is InChI=1S/C24H26N4O3S/c1-24(2,3)31-22(29)26-20(13-17-14-25-19-12-8-7-11-18(17)19)21-27-28-23(30-21)32-15-16-9-5-4-6-10-16/h4-12,14,20,25H,13,15H2,1-3H3,(H,26,29)/t20-/m1/s1. The Balaban J connectivity index is 1.53. The summed E-state index contributed by atoms with van der Waals surface area (Å²) in [6, 6.07) is 17.6. The fraction of sp³-hybridized carbons (Fsp3) is 0.292. The van der Waals surface area contributed by atoms with E-state index in [0.29, 0.717) is 17.5 Å². The lowest BCUT2D eigenvalue weighted by Gasteiger charge is -2.22. The van der Waals surface area contributed by atoms with Crippen molar-refractivity contribution < 1.29 is 13.9 Å². The van der Waals surface area contributed by atoms with Crippen molar-refractivity contribution in [1.29, 1.82) is 0 Å². The van der Waals surface area contributed by atoms with E-state index in [1.165, 1.54) is 17.3 Å². The number of fused-ring (bicyclic) bond motifs is 1. The minimum absolute atomic E-state index is 0.344. The second kappa shape index (κ2) is 9.48. The van der Waals surface area contributed by atoms with Crippen molar-refractivity contribution in [2.45, 2.75) is 49.8 Å². The number of aromatic amines is 1. The van der Waals surface area contributed by atoms with Crippen LogP contribution in [-0.2, 0) is 16.9 Å². The number of rotatable bonds is 7. The van der Waals surface area contributed by atoms with Gasteiger partial charge in [0.05, 0.1) is 0 Å². The molecule has 0 aliphatic carbocycles. The summed E-state index contributed by atoms with van der Waals surface area (Å²) in [5.74, 6) is 1.06. The van der Waals surface area contributed by atoms with E-state index < -0.39 is 17.7 Å². The molecule has 8 heteroatoms. The Hall–Kier alpha value is -3.26. The normalized spacial score (nSPS) is 12.6. The predicted molar refractivity (Wildman–Crippen MR) is 124 cm³/mol. The quantitative estimate of drug-likeness (QED) is 0.353. The number of thioether (sulfide) groups is 1. The number of carbonyl (C=O) groups is 1. The smallest absolute Gasteiger partial charge is 0.408 e. The maximum absolute atomic E-state index is 12.5. The lowest BCUT2D eigenvalue weighted by atomic mass is 10.1. The minimum Gasteiger partial charge on any atom is -0.444 e. The van der Waals surface area contributed by atoms with Crippen LogP contribution < -0.4 is 5.32 Å². The van der Waals surface area contributed by atoms with Gasteiger partial charge in [-0.05, 0) is 38.0 Å². The number of nitrogens with one attached hydrogen (secondary N) is 2. The maximum Gasteiger partial charge on any atom is 0.408 e. The second-order valence-corrected chi connectivity index (χ2v) is 9.37. The van der Waals surface area contributed by atoms with Gasteiger partial charge < -0.3 is 19.5 Å². The number of carbonyl (C=O) groups excluding carboxylic acids is 1. The van der Waals surface area contributed by atoms with Crippen LogP contribution >= 0.6 is 11.8 Å². The molecule has 0 saturated heterocycles. The molecule has 7 nitrogen and oxygen atoms in total. The zero-order chi connectivity index (χ0) is 22.6. The number of para-hydroxylation sites is 1. The Morgan fingerprint density at radius 1 is 1.12 bits per heavy atom. The molecule has 166 valence electrons. The molecule has 0 saturated carbocycles. The first-order valence-corrected chi connectivity index (χ1v) is 11.4. The summed E-state index contributed by atoms with van der Waals surface area (Å²) >= 11 is 1.46. The Kier molecular flexibility index (Phi) is 6.50. The summed E-state index contributed by atoms with van der Waals surface area (Å²) < 4.78 is 11.4. The molecule has 0 unspecified atom stereocenters. The van der Waals surface area contributed by atoms with Crippen LogP contribution in [0, 0.1) is 0 Å². The molecular weight excluding hydrogens is 424 g/mol. The fourth-order valence-electron chi connectivity index (χ4n) is 3.31. The van der Waals surface area contributed by atoms with Gasteiger partial charge in [-0.15, -0.1) is 10.2 Å². The molecule has 0 spiro atoms. The van der Waals surface area contributed by atoms with Crippen LogP contribution in [0.1, 0.15) is 43.8 Å². The van der Waals surface area contributed by atoms with E-state index in [0.717, 1.165) is 22.2 Å². The molecule has 2 heterocycles. The third-order valence-corrected chi connectivity index (χ3v) is 5.60. The lowest BCUT2D eigenvalue weighted by molar-refractivity contribution is 0.0494. The van der Waals surface area contributed by atoms with Gasteiger partial charge in [0.25, 0.3) is 5.22 Å². The third kappa shape index (κ3) is 5.70. The van der Waals surface area contributed by atoms with E-state index in [-0.39, 0.29) is 0 Å². The van der Waals surface area contributed by atoms with Crippen molar-refractivity contribution in [2.75, 3.05) is 0 Å². The van der Waals surface area contributed by atoms with Gasteiger partial charge in [-0.25, -0.2) is 4.79 Å². The lowest BCUT2D eigenvalue weighted by Crippen LogP contribution is -2.36. The molecular formula is C24H26N4O3S. The maximum atomic E-state index is 12.5. The van der Waals surface area contributed by atoms with Crippen molar-refractivity contribution in [1.82, 2.24) is 20.5 Å². The second-order valence-electron chi connectivity index (χ2n) is 8.44. The van der Waals surface area contributed by atoms with Crippen LogP contribution in [-0.4, -0.2) is 26.9 Å². The topological polar surface area (TPSA) is 93.0 Å². The number of hydrogen-bond acceptors (Lipinski definition) is 6. The van der Waals surface area contributed by atoms with Crippen molar-refractivity contribution in [2.24, 2.45) is 0 Å². The van der Waals surface area contributed by atoms with Crippen LogP contribution in [0.5, 0.6) is 0 Å². The molecule has 1 atom stereocenters. The molecule has 2 N–H and O–H groups in total. The summed E-state index contributed by atoms with van der Waals surface area (Å²) in [5.41, 5.74) is 2.63. The molecule has 2 aromatic carbocycles. The average molecular weight is 451 g/mol. The van der Waals surface area contributed by atoms with Crippen molar-refractivity contribution >= 4 is 28.8 Å². The van der Waals surface area contributed by atoms with Gasteiger partial charge in [-0.3, -0.25) is 0 Å². The van der Waals surface area contributed by atoms with Crippen LogP contribution in [0.4, 0.5) is 4.79 Å². The first kappa shape index (κ1) is 22.0. The first-order chi connectivity index (χ1) is 15.4. The number of nitrogens with zero attached hydrogens (tertiary/aromatic N) is 2. The van der Waals surface area contributed by atoms with Gasteiger partial charge in [0.1, 0.15) is 11.6 Å². The first-order valence-electron chi connectivity index (χ1n) is 10.4. The van der Waals surface area contributed by atoms with E-state index in [1.807, 2.05) is 81.6 Å². The van der Waals surface area contributed by atoms with E-state index in [2.05, 4.69) is 20.5 Å². The zero-order valence-corrected chi connectivity index (χ0v) is 19.1. The molecule has 4 rings (SSSR count). The van der Waals surface area contributed by atoms with E-state index in [1.54, 1.807) is 0 Å². The fourth-order valence-corrected chi connectivity index (χ4v) is 4.03. The highest BCUT2D eigenvalue weighted by Crippen LogP contribution is 2.27. The number of alkyl carbamates (subject to hydrolysis) is 1. The van der Waals surface area contributed by atoms with Crippen molar-refractivity contribution in [3.8, 4) is 0 Å². The van der Waals surface area contributed by atoms with Gasteiger partial charge in [0, 0.05) is 29.3 Å². The summed E-state index contributed by atoms with van der Waals surface area (Å²) in [5, 5.41) is 12.8. The van der Waals surface area contributed by atoms with E-state index in [4.69, 9.17) is 9.15 Å². The molecule has 1 amide bonds. The molecule has 0 fully saturated rings. The minimum atomic E-state index is -0.610. The summed E-state index contributed by atoms with van der Waals surface area (Å²) in [7, 11) is 0. The molecule has 32 heavy (non-hydrogen) atoms. The van der Waals surface area contributed by atoms with Gasteiger partial charge in [-0.1, -0.05) is 60.3 Å². The van der Waals surface area contributed by atoms with Crippen LogP contribution in [0.2, 0.25) is 0 Å². The van der Waals surface area contributed by atoms with E-state index in [9.17, 15) is 4.79 Å². The molecule has 0 bridgehead atoms. The number of hydrogen-bond donors (Lipinski definition) is 2. The Bertz CT molecular complexity index is 1180. The molecule has 4 aromatic rings. The average Bonchev–Trinajstić information content (AvgIpc) is 3.39. The number of ether oxygens (including phenoxy) is 1. The number of amides is 1. The third-order valence-electron chi connectivity index (χ3n) is 4.72. The Morgan fingerprint density at radius 2 is 1.88 bits per heavy atom. The Labute approximate surface area is 191 Å². The van der Waals surface area contributed by atoms with Crippen molar-refractivity contribution in [3.63, 3.8) is 0 Å². The number of H-pyrrole nitrogens is 1. The molecule has 0 aliphatic heterocycles. The summed E-state index contributed by atoms with van der Waals surface area (Å²) in [6.45, 7) is 5.48. The van der Waals surface area contributed by atoms with Crippen molar-refractivity contribution in [3.05, 3.63) is 77.8 Å². The van der Waals surface area contributed by atoms with Gasteiger partial charge in [0.15, 0.2) is 0 Å². The van der Waals surface area contributed by atoms with Gasteiger partial charge in [-0.2, -0.15) is 0 Å². The van der Waals surface area contributed by atoms with Crippen LogP contribution in [0.3, 0.4) is 0 Å². The summed E-state index contributed by atoms with van der Waals surface area (Å²) in [4.78, 5) is 15.8. The zero-order valence-electron chi connectivity index (χ0n) is 18.3. The highest BCUT2D eigenvalue weighted by atomic mass is 32.2. The molecule has 0 aliphatic rings. The van der Waals surface area contributed by atoms with Crippen LogP contribution in [0.15, 0.2) is 70.4 Å². The van der Waals surface area contributed by atoms with Gasteiger partial charge >= 0.3 is 6.09 Å². The monoisotopic (exact) mass is 450 g/mol. The molecule has 2 aromatic heterocycles. The largest absolute Gasteiger partial charge is 0.444 e. The summed E-state index contributed by atoms with van der Waals surface area (Å²) in [6.07, 6.45) is 1.89. The number of aromatic nitrogens is 3. The highest BCUT2D eigenvalue weighted by molar-refractivity contribution is 7.98. The van der Waals surface area contributed by atoms with Crippen LogP contribution in [0.25, 0.3) is 10.9 Å². The SMILES string of the molecule is CC(C)(C)OC(=O)N[C@H](Cc1c[nH]c2ccccc12)c1nnc(SCc2ccccc2)o1.